The van der Waals surface area contributed by atoms with E-state index in [1.807, 2.05) is 0 Å². The Kier molecular flexibility index (Phi) is 2.92. The van der Waals surface area contributed by atoms with Crippen LogP contribution in [-0.2, 0) is 6.42 Å². The zero-order valence-electron chi connectivity index (χ0n) is 13.2. The maximum Gasteiger partial charge on any atom is 0.135 e. The van der Waals surface area contributed by atoms with Crippen molar-refractivity contribution in [2.75, 3.05) is 0 Å². The summed E-state index contributed by atoms with van der Waals surface area (Å²) in [6.07, 6.45) is 5.35. The molecule has 1 aliphatic rings. The van der Waals surface area contributed by atoms with Gasteiger partial charge in [0.05, 0.1) is 0 Å². The zero-order chi connectivity index (χ0) is 15.9. The van der Waals surface area contributed by atoms with Gasteiger partial charge in [0.25, 0.3) is 0 Å². The smallest absolute Gasteiger partial charge is 0.135 e. The molecule has 1 heteroatoms. The molecule has 0 bridgehead atoms. The van der Waals surface area contributed by atoms with Gasteiger partial charge in [0, 0.05) is 17.4 Å². The lowest BCUT2D eigenvalue weighted by Gasteiger charge is -2.04. The summed E-state index contributed by atoms with van der Waals surface area (Å²) in [5.41, 5.74) is 4.63. The minimum atomic E-state index is 0.825. The molecule has 1 nitrogen and oxygen atoms in total. The van der Waals surface area contributed by atoms with Crippen LogP contribution in [0.25, 0.3) is 34.2 Å². The van der Waals surface area contributed by atoms with E-state index in [0.717, 1.165) is 17.8 Å². The molecule has 0 N–H and O–H groups in total. The van der Waals surface area contributed by atoms with Gasteiger partial charge in [-0.15, -0.1) is 0 Å². The van der Waals surface area contributed by atoms with Crippen LogP contribution in [0.15, 0.2) is 77.2 Å². The molecule has 0 unspecified atom stereocenters. The Bertz CT molecular complexity index is 1160. The van der Waals surface area contributed by atoms with Gasteiger partial charge >= 0.3 is 0 Å². The van der Waals surface area contributed by atoms with Crippen molar-refractivity contribution >= 4 is 23.1 Å². The van der Waals surface area contributed by atoms with E-state index in [9.17, 15) is 0 Å². The monoisotopic (exact) mass is 308 g/mol. The van der Waals surface area contributed by atoms with Crippen LogP contribution in [0.3, 0.4) is 0 Å². The van der Waals surface area contributed by atoms with E-state index in [1.54, 1.807) is 0 Å². The summed E-state index contributed by atoms with van der Waals surface area (Å²) in [7, 11) is 0. The Morgan fingerprint density at radius 3 is 2.38 bits per heavy atom. The molecule has 1 aliphatic carbocycles. The summed E-state index contributed by atoms with van der Waals surface area (Å²) in [6, 6.07) is 25.4. The molecule has 0 fully saturated rings. The summed E-state index contributed by atoms with van der Waals surface area (Å²) >= 11 is 0. The Morgan fingerprint density at radius 1 is 0.708 bits per heavy atom. The van der Waals surface area contributed by atoms with Crippen molar-refractivity contribution in [3.05, 3.63) is 94.6 Å². The van der Waals surface area contributed by atoms with Crippen molar-refractivity contribution in [1.29, 1.82) is 0 Å². The first-order valence-corrected chi connectivity index (χ1v) is 8.27. The van der Waals surface area contributed by atoms with Crippen LogP contribution in [0.4, 0.5) is 0 Å². The minimum Gasteiger partial charge on any atom is -0.460 e. The summed E-state index contributed by atoms with van der Waals surface area (Å²) < 4.78 is 6.20. The molecule has 0 saturated heterocycles. The van der Waals surface area contributed by atoms with E-state index in [2.05, 4.69) is 84.9 Å². The average molecular weight is 308 g/mol. The van der Waals surface area contributed by atoms with Gasteiger partial charge in [0.2, 0.25) is 0 Å². The number of furan rings is 1. The predicted molar refractivity (Wildman–Crippen MR) is 99.1 cm³/mol. The van der Waals surface area contributed by atoms with Gasteiger partial charge in [-0.25, -0.2) is 0 Å². The molecule has 4 aromatic rings. The summed E-state index contributed by atoms with van der Waals surface area (Å²) in [5, 5.41) is 3.74. The first-order chi connectivity index (χ1) is 11.9. The third-order valence-corrected chi connectivity index (χ3v) is 4.72. The van der Waals surface area contributed by atoms with Gasteiger partial charge in [0.15, 0.2) is 0 Å². The van der Waals surface area contributed by atoms with E-state index < -0.39 is 0 Å². The molecule has 0 spiro atoms. The highest BCUT2D eigenvalue weighted by molar-refractivity contribution is 6.01. The maximum absolute atomic E-state index is 6.20. The van der Waals surface area contributed by atoms with Crippen molar-refractivity contribution in [3.8, 4) is 11.1 Å². The van der Waals surface area contributed by atoms with Crippen LogP contribution in [0, 0.1) is 0 Å². The first-order valence-electron chi connectivity index (χ1n) is 8.27. The number of hydrogen-bond acceptors (Lipinski definition) is 1. The number of hydrogen-bond donors (Lipinski definition) is 0. The summed E-state index contributed by atoms with van der Waals surface area (Å²) in [6.45, 7) is 0. The molecule has 24 heavy (non-hydrogen) atoms. The summed E-state index contributed by atoms with van der Waals surface area (Å²) in [4.78, 5) is 0. The molecule has 1 aromatic heterocycles. The van der Waals surface area contributed by atoms with Gasteiger partial charge in [-0.1, -0.05) is 72.8 Å². The van der Waals surface area contributed by atoms with Crippen LogP contribution in [0.1, 0.15) is 11.3 Å². The van der Waals surface area contributed by atoms with Gasteiger partial charge in [-0.3, -0.25) is 0 Å². The zero-order valence-corrected chi connectivity index (χ0v) is 13.2. The molecule has 0 aliphatic heterocycles. The second-order valence-electron chi connectivity index (χ2n) is 6.17. The topological polar surface area (TPSA) is 13.1 Å². The minimum absolute atomic E-state index is 0.825. The van der Waals surface area contributed by atoms with E-state index in [0.29, 0.717) is 0 Å². The van der Waals surface area contributed by atoms with Gasteiger partial charge < -0.3 is 4.42 Å². The highest BCUT2D eigenvalue weighted by Crippen LogP contribution is 2.35. The van der Waals surface area contributed by atoms with Crippen LogP contribution < -0.4 is 10.4 Å². The highest BCUT2D eigenvalue weighted by atomic mass is 16.3. The Balaban J connectivity index is 1.88. The third kappa shape index (κ3) is 2.02. The third-order valence-electron chi connectivity index (χ3n) is 4.72. The van der Waals surface area contributed by atoms with E-state index in [4.69, 9.17) is 4.42 Å². The van der Waals surface area contributed by atoms with E-state index >= 15 is 0 Å². The Labute approximate surface area is 140 Å². The average Bonchev–Trinajstić information content (AvgIpc) is 2.89. The Hall–Kier alpha value is -3.06. The van der Waals surface area contributed by atoms with Gasteiger partial charge in [0.1, 0.15) is 11.3 Å². The molecule has 5 rings (SSSR count). The normalized spacial score (nSPS) is 12.7. The Morgan fingerprint density at radius 2 is 1.50 bits per heavy atom. The second-order valence-corrected chi connectivity index (χ2v) is 6.17. The number of rotatable bonds is 1. The lowest BCUT2D eigenvalue weighted by molar-refractivity contribution is 0.568. The van der Waals surface area contributed by atoms with Crippen LogP contribution in [-0.4, -0.2) is 0 Å². The van der Waals surface area contributed by atoms with Crippen molar-refractivity contribution in [3.63, 3.8) is 0 Å². The number of fused-ring (bicyclic) bond motifs is 4. The van der Waals surface area contributed by atoms with Crippen molar-refractivity contribution in [2.45, 2.75) is 6.42 Å². The number of benzene rings is 3. The maximum atomic E-state index is 6.20. The fourth-order valence-electron chi connectivity index (χ4n) is 3.57. The predicted octanol–water partition coefficient (Wildman–Crippen LogP) is 4.27. The van der Waals surface area contributed by atoms with Gasteiger partial charge in [-0.05, 0) is 33.7 Å². The largest absolute Gasteiger partial charge is 0.460 e. The van der Waals surface area contributed by atoms with Crippen LogP contribution >= 0.6 is 0 Å². The fourth-order valence-corrected chi connectivity index (χ4v) is 3.57. The molecular formula is C23H16O. The lowest BCUT2D eigenvalue weighted by atomic mass is 9.98. The van der Waals surface area contributed by atoms with Crippen molar-refractivity contribution < 1.29 is 4.42 Å². The quantitative estimate of drug-likeness (QED) is 0.512. The van der Waals surface area contributed by atoms with Crippen LogP contribution in [0.2, 0.25) is 0 Å². The molecule has 114 valence electrons. The van der Waals surface area contributed by atoms with E-state index in [-0.39, 0.29) is 0 Å². The second kappa shape index (κ2) is 5.24. The molecule has 1 heterocycles. The molecule has 0 amide bonds. The van der Waals surface area contributed by atoms with Gasteiger partial charge in [-0.2, -0.15) is 0 Å². The summed E-state index contributed by atoms with van der Waals surface area (Å²) in [5.74, 6) is 1.05. The van der Waals surface area contributed by atoms with E-state index in [1.165, 1.54) is 32.5 Å². The van der Waals surface area contributed by atoms with Crippen molar-refractivity contribution in [1.82, 2.24) is 0 Å². The standard InChI is InChI=1S/C23H16O/c1-2-8-17(9-3-1)19-11-6-12-22-23(19)20-15-18-10-5-4-7-16(18)13-14-21(20)24-22/h1-13,15H,14H2. The van der Waals surface area contributed by atoms with Crippen LogP contribution in [0.5, 0.6) is 0 Å². The molecule has 0 saturated carbocycles. The fraction of sp³-hybridized carbons (Fsp3) is 0.0435. The molecule has 0 radical (unpaired) electrons. The SMILES string of the molecule is C1=c2ccccc2=Cc2c(oc3cccc(-c4ccccc4)c23)C1. The molecule has 3 aromatic carbocycles. The highest BCUT2D eigenvalue weighted by Gasteiger charge is 2.16. The first kappa shape index (κ1) is 13.4. The molecular weight excluding hydrogens is 292 g/mol. The van der Waals surface area contributed by atoms with Crippen molar-refractivity contribution in [2.24, 2.45) is 0 Å². The lowest BCUT2D eigenvalue weighted by Crippen LogP contribution is -2.22. The molecule has 0 atom stereocenters.